The van der Waals surface area contributed by atoms with Crippen molar-refractivity contribution < 1.29 is 23.2 Å². The predicted octanol–water partition coefficient (Wildman–Crippen LogP) is 0.831. The summed E-state index contributed by atoms with van der Waals surface area (Å²) in [5, 5.41) is 0. The quantitative estimate of drug-likeness (QED) is 0.672. The van der Waals surface area contributed by atoms with Gasteiger partial charge in [0.2, 0.25) is 0 Å². The summed E-state index contributed by atoms with van der Waals surface area (Å²) in [6.45, 7) is 5.88. The molecule has 86 valence electrons. The van der Waals surface area contributed by atoms with E-state index in [1.54, 1.807) is 13.1 Å². The summed E-state index contributed by atoms with van der Waals surface area (Å²) in [7, 11) is -2.62. The molecule has 1 saturated heterocycles. The molecule has 5 nitrogen and oxygen atoms in total. The molecule has 0 amide bonds. The zero-order valence-corrected chi connectivity index (χ0v) is 10.2. The fourth-order valence-electron chi connectivity index (χ4n) is 1.32. The molecule has 0 aromatic heterocycles. The molecule has 1 aliphatic rings. The standard InChI is InChI=1S/C9H16O5Si/c1-7(10)13-15(2,3)14-9(11)4-8-5-12-6-8/h8H,4-6H2,1-3H3. The van der Waals surface area contributed by atoms with E-state index in [1.807, 2.05) is 0 Å². The van der Waals surface area contributed by atoms with Gasteiger partial charge in [-0.2, -0.15) is 0 Å². The normalized spacial score (nSPS) is 16.7. The van der Waals surface area contributed by atoms with Gasteiger partial charge in [-0.25, -0.2) is 0 Å². The summed E-state index contributed by atoms with van der Waals surface area (Å²) in [6, 6.07) is 0. The number of carbonyl (C=O) groups excluding carboxylic acids is 2. The Bertz CT molecular complexity index is 259. The van der Waals surface area contributed by atoms with E-state index >= 15 is 0 Å². The third-order valence-corrected chi connectivity index (χ3v) is 3.41. The minimum absolute atomic E-state index is 0.264. The summed E-state index contributed by atoms with van der Waals surface area (Å²) in [5.74, 6) is -0.452. The average molecular weight is 232 g/mol. The van der Waals surface area contributed by atoms with Crippen molar-refractivity contribution in [3.05, 3.63) is 0 Å². The summed E-state index contributed by atoms with van der Waals surface area (Å²) in [6.07, 6.45) is 0.345. The summed E-state index contributed by atoms with van der Waals surface area (Å²) in [4.78, 5) is 22.1. The first-order chi connectivity index (χ1) is 6.89. The van der Waals surface area contributed by atoms with Crippen LogP contribution < -0.4 is 0 Å². The molecule has 0 spiro atoms. The fourth-order valence-corrected chi connectivity index (χ4v) is 2.69. The Morgan fingerprint density at radius 3 is 2.33 bits per heavy atom. The molecule has 1 rings (SSSR count). The van der Waals surface area contributed by atoms with E-state index in [0.717, 1.165) is 0 Å². The SMILES string of the molecule is CC(=O)O[Si](C)(C)OC(=O)CC1COC1. The maximum Gasteiger partial charge on any atom is 0.457 e. The van der Waals surface area contributed by atoms with Crippen molar-refractivity contribution in [1.29, 1.82) is 0 Å². The molecule has 0 saturated carbocycles. The lowest BCUT2D eigenvalue weighted by molar-refractivity contribution is -0.144. The second-order valence-electron chi connectivity index (χ2n) is 4.08. The molecule has 0 bridgehead atoms. The van der Waals surface area contributed by atoms with Crippen LogP contribution in [0, 0.1) is 5.92 Å². The van der Waals surface area contributed by atoms with E-state index in [1.165, 1.54) is 6.92 Å². The maximum absolute atomic E-state index is 11.4. The molecule has 1 heterocycles. The largest absolute Gasteiger partial charge is 0.485 e. The van der Waals surface area contributed by atoms with Crippen LogP contribution >= 0.6 is 0 Å². The second kappa shape index (κ2) is 4.76. The highest BCUT2D eigenvalue weighted by Gasteiger charge is 2.34. The van der Waals surface area contributed by atoms with Gasteiger partial charge in [0.15, 0.2) is 0 Å². The van der Waals surface area contributed by atoms with E-state index in [2.05, 4.69) is 0 Å². The van der Waals surface area contributed by atoms with Gasteiger partial charge in [0.25, 0.3) is 11.9 Å². The molecular weight excluding hydrogens is 216 g/mol. The van der Waals surface area contributed by atoms with Crippen molar-refractivity contribution in [2.45, 2.75) is 26.4 Å². The Morgan fingerprint density at radius 2 is 1.93 bits per heavy atom. The second-order valence-corrected chi connectivity index (χ2v) is 7.28. The lowest BCUT2D eigenvalue weighted by Gasteiger charge is -2.27. The molecule has 6 heteroatoms. The van der Waals surface area contributed by atoms with Crippen LogP contribution in [0.3, 0.4) is 0 Å². The van der Waals surface area contributed by atoms with Gasteiger partial charge >= 0.3 is 8.56 Å². The van der Waals surface area contributed by atoms with Crippen molar-refractivity contribution in [1.82, 2.24) is 0 Å². The van der Waals surface area contributed by atoms with Crippen LogP contribution in [0.5, 0.6) is 0 Å². The van der Waals surface area contributed by atoms with Gasteiger partial charge in [0.1, 0.15) is 0 Å². The van der Waals surface area contributed by atoms with Crippen LogP contribution in [-0.4, -0.2) is 33.7 Å². The van der Waals surface area contributed by atoms with Crippen LogP contribution in [0.4, 0.5) is 0 Å². The topological polar surface area (TPSA) is 61.8 Å². The van der Waals surface area contributed by atoms with E-state index < -0.39 is 14.5 Å². The van der Waals surface area contributed by atoms with Crippen molar-refractivity contribution in [2.75, 3.05) is 13.2 Å². The van der Waals surface area contributed by atoms with Crippen molar-refractivity contribution in [3.8, 4) is 0 Å². The van der Waals surface area contributed by atoms with Gasteiger partial charge in [0.05, 0.1) is 19.6 Å². The molecule has 0 unspecified atom stereocenters. The number of carbonyl (C=O) groups is 2. The predicted molar refractivity (Wildman–Crippen MR) is 54.3 cm³/mol. The highest BCUT2D eigenvalue weighted by atomic mass is 28.4. The van der Waals surface area contributed by atoms with Gasteiger partial charge in [0, 0.05) is 25.9 Å². The first kappa shape index (κ1) is 12.2. The Labute approximate surface area is 89.9 Å². The lowest BCUT2D eigenvalue weighted by atomic mass is 10.1. The monoisotopic (exact) mass is 232 g/mol. The highest BCUT2D eigenvalue weighted by molar-refractivity contribution is 6.67. The maximum atomic E-state index is 11.4. The smallest absolute Gasteiger partial charge is 0.457 e. The van der Waals surface area contributed by atoms with Crippen LogP contribution in [0.15, 0.2) is 0 Å². The fraction of sp³-hybridized carbons (Fsp3) is 0.778. The lowest BCUT2D eigenvalue weighted by Crippen LogP contribution is -2.40. The number of hydrogen-bond donors (Lipinski definition) is 0. The molecule has 0 aromatic rings. The molecule has 0 N–H and O–H groups in total. The molecule has 0 atom stereocenters. The first-order valence-corrected chi connectivity index (χ1v) is 7.70. The zero-order valence-electron chi connectivity index (χ0n) is 9.24. The van der Waals surface area contributed by atoms with Gasteiger partial charge in [-0.05, 0) is 0 Å². The average Bonchev–Trinajstić information content (AvgIpc) is 1.92. The Kier molecular flexibility index (Phi) is 3.87. The van der Waals surface area contributed by atoms with Gasteiger partial charge in [-0.1, -0.05) is 0 Å². The zero-order chi connectivity index (χ0) is 11.5. The van der Waals surface area contributed by atoms with Crippen LogP contribution in [-0.2, 0) is 23.2 Å². The van der Waals surface area contributed by atoms with Crippen molar-refractivity contribution >= 4 is 20.5 Å². The Morgan fingerprint density at radius 1 is 1.33 bits per heavy atom. The summed E-state index contributed by atoms with van der Waals surface area (Å²) in [5.41, 5.74) is 0. The third-order valence-electron chi connectivity index (χ3n) is 1.91. The molecule has 15 heavy (non-hydrogen) atoms. The third kappa shape index (κ3) is 4.44. The molecule has 1 aliphatic heterocycles. The van der Waals surface area contributed by atoms with E-state index in [0.29, 0.717) is 19.6 Å². The molecule has 1 fully saturated rings. The van der Waals surface area contributed by atoms with Gasteiger partial charge < -0.3 is 13.6 Å². The number of ether oxygens (including phenoxy) is 1. The van der Waals surface area contributed by atoms with Gasteiger partial charge in [-0.3, -0.25) is 9.59 Å². The van der Waals surface area contributed by atoms with Crippen molar-refractivity contribution in [2.24, 2.45) is 5.92 Å². The number of rotatable bonds is 4. The minimum atomic E-state index is -2.62. The van der Waals surface area contributed by atoms with Crippen LogP contribution in [0.25, 0.3) is 0 Å². The van der Waals surface area contributed by atoms with Gasteiger partial charge in [-0.15, -0.1) is 0 Å². The molecule has 0 aliphatic carbocycles. The first-order valence-electron chi connectivity index (χ1n) is 4.88. The van der Waals surface area contributed by atoms with E-state index in [9.17, 15) is 9.59 Å². The molecular formula is C9H16O5Si. The minimum Gasteiger partial charge on any atom is -0.485 e. The van der Waals surface area contributed by atoms with Crippen LogP contribution in [0.1, 0.15) is 13.3 Å². The van der Waals surface area contributed by atoms with E-state index in [4.69, 9.17) is 13.6 Å². The van der Waals surface area contributed by atoms with Crippen LogP contribution in [0.2, 0.25) is 13.1 Å². The van der Waals surface area contributed by atoms with Crippen molar-refractivity contribution in [3.63, 3.8) is 0 Å². The van der Waals surface area contributed by atoms with E-state index in [-0.39, 0.29) is 11.9 Å². The number of hydrogen-bond acceptors (Lipinski definition) is 5. The molecule has 0 radical (unpaired) electrons. The Balaban J connectivity index is 2.31. The summed E-state index contributed by atoms with van der Waals surface area (Å²) < 4.78 is 15.1. The Hall–Kier alpha value is -0.883. The summed E-state index contributed by atoms with van der Waals surface area (Å²) >= 11 is 0. The highest BCUT2D eigenvalue weighted by Crippen LogP contribution is 2.17. The molecule has 0 aromatic carbocycles.